The molecule has 0 heterocycles. The molecule has 0 saturated carbocycles. The molecule has 5 nitrogen and oxygen atoms in total. The van der Waals surface area contributed by atoms with Crippen molar-refractivity contribution in [3.8, 4) is 17.2 Å². The van der Waals surface area contributed by atoms with E-state index < -0.39 is 0 Å². The second kappa shape index (κ2) is 7.89. The van der Waals surface area contributed by atoms with E-state index in [0.717, 1.165) is 5.69 Å². The van der Waals surface area contributed by atoms with E-state index in [1.165, 1.54) is 6.08 Å². The standard InChI is InChI=1S/C18H19NO4/c1-21-14-6-4-5-13(11-14)17(20)9-10-19-16-8-7-15(22-2)12-18(16)23-3/h4-12,19H,1-3H3. The van der Waals surface area contributed by atoms with E-state index in [4.69, 9.17) is 14.2 Å². The largest absolute Gasteiger partial charge is 0.497 e. The third-order valence-corrected chi connectivity index (χ3v) is 3.24. The van der Waals surface area contributed by atoms with Gasteiger partial charge in [-0.2, -0.15) is 0 Å². The highest BCUT2D eigenvalue weighted by Crippen LogP contribution is 2.28. The lowest BCUT2D eigenvalue weighted by atomic mass is 10.1. The molecule has 0 radical (unpaired) electrons. The van der Waals surface area contributed by atoms with E-state index in [1.807, 2.05) is 12.1 Å². The zero-order valence-corrected chi connectivity index (χ0v) is 13.3. The number of methoxy groups -OCH3 is 3. The number of allylic oxidation sites excluding steroid dienone is 1. The molecular weight excluding hydrogens is 294 g/mol. The molecule has 2 rings (SSSR count). The first-order valence-corrected chi connectivity index (χ1v) is 7.01. The molecule has 0 aliphatic carbocycles. The Morgan fingerprint density at radius 3 is 2.39 bits per heavy atom. The van der Waals surface area contributed by atoms with Crippen LogP contribution in [0.15, 0.2) is 54.7 Å². The molecule has 0 aromatic heterocycles. The number of nitrogens with one attached hydrogen (secondary N) is 1. The molecule has 0 aliphatic rings. The minimum atomic E-state index is -0.121. The van der Waals surface area contributed by atoms with E-state index in [-0.39, 0.29) is 5.78 Å². The summed E-state index contributed by atoms with van der Waals surface area (Å²) in [7, 11) is 4.73. The van der Waals surface area contributed by atoms with Gasteiger partial charge in [0.25, 0.3) is 0 Å². The zero-order chi connectivity index (χ0) is 16.7. The molecule has 0 bridgehead atoms. The van der Waals surface area contributed by atoms with Crippen LogP contribution in [0.5, 0.6) is 17.2 Å². The van der Waals surface area contributed by atoms with Crippen molar-refractivity contribution in [2.24, 2.45) is 0 Å². The fourth-order valence-electron chi connectivity index (χ4n) is 2.00. The third-order valence-electron chi connectivity index (χ3n) is 3.24. The number of hydrogen-bond acceptors (Lipinski definition) is 5. The van der Waals surface area contributed by atoms with Gasteiger partial charge in [0.15, 0.2) is 5.78 Å². The summed E-state index contributed by atoms with van der Waals surface area (Å²) in [6.07, 6.45) is 3.03. The molecule has 23 heavy (non-hydrogen) atoms. The maximum Gasteiger partial charge on any atom is 0.187 e. The first kappa shape index (κ1) is 16.4. The van der Waals surface area contributed by atoms with Crippen LogP contribution in [-0.4, -0.2) is 27.1 Å². The molecule has 0 spiro atoms. The average Bonchev–Trinajstić information content (AvgIpc) is 2.61. The molecule has 0 amide bonds. The smallest absolute Gasteiger partial charge is 0.187 e. The van der Waals surface area contributed by atoms with Gasteiger partial charge in [0.05, 0.1) is 27.0 Å². The molecule has 1 N–H and O–H groups in total. The minimum absolute atomic E-state index is 0.121. The fraction of sp³-hybridized carbons (Fsp3) is 0.167. The van der Waals surface area contributed by atoms with Crippen LogP contribution in [0.1, 0.15) is 10.4 Å². The molecule has 0 unspecified atom stereocenters. The lowest BCUT2D eigenvalue weighted by Gasteiger charge is -2.09. The van der Waals surface area contributed by atoms with Crippen LogP contribution >= 0.6 is 0 Å². The number of carbonyl (C=O) groups excluding carboxylic acids is 1. The second-order valence-corrected chi connectivity index (χ2v) is 4.64. The van der Waals surface area contributed by atoms with Gasteiger partial charge in [-0.15, -0.1) is 0 Å². The Morgan fingerprint density at radius 2 is 1.70 bits per heavy atom. The maximum absolute atomic E-state index is 12.1. The van der Waals surface area contributed by atoms with Gasteiger partial charge in [-0.3, -0.25) is 4.79 Å². The van der Waals surface area contributed by atoms with Crippen molar-refractivity contribution in [1.29, 1.82) is 0 Å². The molecule has 2 aromatic carbocycles. The van der Waals surface area contributed by atoms with Gasteiger partial charge in [0, 0.05) is 23.9 Å². The van der Waals surface area contributed by atoms with Crippen LogP contribution in [0.3, 0.4) is 0 Å². The van der Waals surface area contributed by atoms with Gasteiger partial charge >= 0.3 is 0 Å². The van der Waals surface area contributed by atoms with Crippen LogP contribution in [0, 0.1) is 0 Å². The number of ketones is 1. The Morgan fingerprint density at radius 1 is 0.957 bits per heavy atom. The number of benzene rings is 2. The third kappa shape index (κ3) is 4.26. The zero-order valence-electron chi connectivity index (χ0n) is 13.3. The molecule has 2 aromatic rings. The second-order valence-electron chi connectivity index (χ2n) is 4.64. The molecule has 5 heteroatoms. The highest BCUT2D eigenvalue weighted by atomic mass is 16.5. The SMILES string of the molecule is COc1cccc(C(=O)C=CNc2ccc(OC)cc2OC)c1. The van der Waals surface area contributed by atoms with Crippen LogP contribution in [0.4, 0.5) is 5.69 Å². The Hall–Kier alpha value is -2.95. The van der Waals surface area contributed by atoms with Crippen molar-refractivity contribution in [3.63, 3.8) is 0 Å². The molecule has 0 aliphatic heterocycles. The topological polar surface area (TPSA) is 56.8 Å². The number of rotatable bonds is 7. The minimum Gasteiger partial charge on any atom is -0.497 e. The molecule has 120 valence electrons. The van der Waals surface area contributed by atoms with Gasteiger partial charge < -0.3 is 19.5 Å². The Kier molecular flexibility index (Phi) is 5.63. The van der Waals surface area contributed by atoms with E-state index in [0.29, 0.717) is 22.8 Å². The van der Waals surface area contributed by atoms with Crippen molar-refractivity contribution >= 4 is 11.5 Å². The summed E-state index contributed by atoms with van der Waals surface area (Å²) in [5, 5.41) is 3.03. The van der Waals surface area contributed by atoms with E-state index in [1.54, 1.807) is 57.9 Å². The predicted molar refractivity (Wildman–Crippen MR) is 89.6 cm³/mol. The summed E-state index contributed by atoms with van der Waals surface area (Å²) in [4.78, 5) is 12.1. The van der Waals surface area contributed by atoms with Gasteiger partial charge in [0.1, 0.15) is 17.2 Å². The summed E-state index contributed by atoms with van der Waals surface area (Å²) in [5.41, 5.74) is 1.30. The monoisotopic (exact) mass is 313 g/mol. The Balaban J connectivity index is 2.07. The van der Waals surface area contributed by atoms with Crippen LogP contribution in [-0.2, 0) is 0 Å². The summed E-state index contributed by atoms with van der Waals surface area (Å²) in [6, 6.07) is 12.4. The van der Waals surface area contributed by atoms with Crippen LogP contribution < -0.4 is 19.5 Å². The highest BCUT2D eigenvalue weighted by molar-refractivity contribution is 6.04. The van der Waals surface area contributed by atoms with Gasteiger partial charge in [0.2, 0.25) is 0 Å². The van der Waals surface area contributed by atoms with E-state index >= 15 is 0 Å². The summed E-state index contributed by atoms with van der Waals surface area (Å²) < 4.78 is 15.5. The van der Waals surface area contributed by atoms with Gasteiger partial charge in [-0.25, -0.2) is 0 Å². The normalized spacial score (nSPS) is 10.4. The molecular formula is C18H19NO4. The number of carbonyl (C=O) groups is 1. The van der Waals surface area contributed by atoms with E-state index in [9.17, 15) is 4.79 Å². The lowest BCUT2D eigenvalue weighted by Crippen LogP contribution is -1.98. The number of ether oxygens (including phenoxy) is 3. The first-order chi connectivity index (χ1) is 11.2. The van der Waals surface area contributed by atoms with Crippen molar-refractivity contribution in [1.82, 2.24) is 0 Å². The quantitative estimate of drug-likeness (QED) is 0.626. The van der Waals surface area contributed by atoms with Crippen molar-refractivity contribution in [2.45, 2.75) is 0 Å². The van der Waals surface area contributed by atoms with Crippen LogP contribution in [0.25, 0.3) is 0 Å². The summed E-state index contributed by atoms with van der Waals surface area (Å²) >= 11 is 0. The lowest BCUT2D eigenvalue weighted by molar-refractivity contribution is 0.104. The predicted octanol–water partition coefficient (Wildman–Crippen LogP) is 3.52. The van der Waals surface area contributed by atoms with Crippen molar-refractivity contribution in [3.05, 3.63) is 60.3 Å². The fourth-order valence-corrected chi connectivity index (χ4v) is 2.00. The Bertz CT molecular complexity index is 710. The Labute approximate surface area is 135 Å². The average molecular weight is 313 g/mol. The summed E-state index contributed by atoms with van der Waals surface area (Å²) in [5.74, 6) is 1.85. The van der Waals surface area contributed by atoms with Crippen molar-refractivity contribution in [2.75, 3.05) is 26.6 Å². The number of anilines is 1. The highest BCUT2D eigenvalue weighted by Gasteiger charge is 2.05. The summed E-state index contributed by atoms with van der Waals surface area (Å²) in [6.45, 7) is 0. The first-order valence-electron chi connectivity index (χ1n) is 7.01. The number of hydrogen-bond donors (Lipinski definition) is 1. The van der Waals surface area contributed by atoms with Crippen LogP contribution in [0.2, 0.25) is 0 Å². The van der Waals surface area contributed by atoms with Gasteiger partial charge in [-0.1, -0.05) is 12.1 Å². The molecule has 0 saturated heterocycles. The van der Waals surface area contributed by atoms with E-state index in [2.05, 4.69) is 5.32 Å². The maximum atomic E-state index is 12.1. The van der Waals surface area contributed by atoms with Gasteiger partial charge in [-0.05, 0) is 24.3 Å². The van der Waals surface area contributed by atoms with Crippen molar-refractivity contribution < 1.29 is 19.0 Å². The molecule has 0 fully saturated rings. The molecule has 0 atom stereocenters.